The maximum atomic E-state index is 6.47. The minimum atomic E-state index is -0.143. The first-order valence-corrected chi connectivity index (χ1v) is 20.1. The van der Waals surface area contributed by atoms with Crippen LogP contribution in [0.2, 0.25) is 0 Å². The van der Waals surface area contributed by atoms with Crippen LogP contribution in [0.1, 0.15) is 25.0 Å². The van der Waals surface area contributed by atoms with Crippen molar-refractivity contribution in [2.75, 3.05) is 4.90 Å². The van der Waals surface area contributed by atoms with E-state index >= 15 is 0 Å². The Kier molecular flexibility index (Phi) is 6.98. The fourth-order valence-corrected chi connectivity index (χ4v) is 9.84. The molecular formula is C55H38N2O. The zero-order valence-electron chi connectivity index (χ0n) is 32.3. The highest BCUT2D eigenvalue weighted by molar-refractivity contribution is 6.12. The number of hydrogen-bond acceptors (Lipinski definition) is 2. The molecule has 0 amide bonds. The number of anilines is 3. The van der Waals surface area contributed by atoms with Crippen molar-refractivity contribution in [1.29, 1.82) is 0 Å². The van der Waals surface area contributed by atoms with Crippen molar-refractivity contribution in [1.82, 2.24) is 4.57 Å². The minimum absolute atomic E-state index is 0.143. The molecule has 0 spiro atoms. The van der Waals surface area contributed by atoms with Crippen molar-refractivity contribution < 1.29 is 4.42 Å². The second-order valence-electron chi connectivity index (χ2n) is 16.1. The highest BCUT2D eigenvalue weighted by atomic mass is 16.3. The molecule has 3 nitrogen and oxygen atoms in total. The van der Waals surface area contributed by atoms with E-state index in [4.69, 9.17) is 4.42 Å². The van der Waals surface area contributed by atoms with Crippen molar-refractivity contribution in [3.05, 3.63) is 205 Å². The van der Waals surface area contributed by atoms with E-state index in [1.807, 2.05) is 0 Å². The molecular weight excluding hydrogens is 705 g/mol. The largest absolute Gasteiger partial charge is 0.456 e. The lowest BCUT2D eigenvalue weighted by Crippen LogP contribution is -2.16. The summed E-state index contributed by atoms with van der Waals surface area (Å²) in [5.41, 5.74) is 16.0. The molecule has 2 heterocycles. The number of aromatic nitrogens is 1. The number of furan rings is 1. The smallest absolute Gasteiger partial charge is 0.136 e. The molecule has 0 bridgehead atoms. The quantitative estimate of drug-likeness (QED) is 0.175. The summed E-state index contributed by atoms with van der Waals surface area (Å²) >= 11 is 0. The maximum absolute atomic E-state index is 6.47. The SMILES string of the molecule is CC1(C)c2ccccc2-c2c(N(c3cccc(-n4c5ccccc5c5ccccc54)c3)c3ccccc3-c3ccc4oc5cc6ccccc6cc5c4c3)cccc21. The lowest BCUT2D eigenvalue weighted by molar-refractivity contribution is 0.660. The number of rotatable bonds is 5. The van der Waals surface area contributed by atoms with E-state index in [1.165, 1.54) is 54.8 Å². The summed E-state index contributed by atoms with van der Waals surface area (Å²) in [6.07, 6.45) is 0. The molecule has 1 aliphatic rings. The fourth-order valence-electron chi connectivity index (χ4n) is 9.84. The Hall–Kier alpha value is -7.36. The van der Waals surface area contributed by atoms with Gasteiger partial charge in [-0.15, -0.1) is 0 Å². The molecule has 0 atom stereocenters. The Labute approximate surface area is 336 Å². The van der Waals surface area contributed by atoms with Gasteiger partial charge in [-0.1, -0.05) is 141 Å². The van der Waals surface area contributed by atoms with E-state index in [9.17, 15) is 0 Å². The third-order valence-electron chi connectivity index (χ3n) is 12.5. The lowest BCUT2D eigenvalue weighted by Gasteiger charge is -2.31. The topological polar surface area (TPSA) is 21.3 Å². The molecule has 274 valence electrons. The average Bonchev–Trinajstić information content (AvgIpc) is 3.88. The highest BCUT2D eigenvalue weighted by Crippen LogP contribution is 2.55. The molecule has 1 aliphatic carbocycles. The van der Waals surface area contributed by atoms with Gasteiger partial charge >= 0.3 is 0 Å². The molecule has 58 heavy (non-hydrogen) atoms. The number of para-hydroxylation sites is 3. The van der Waals surface area contributed by atoms with Crippen LogP contribution in [0.3, 0.4) is 0 Å². The van der Waals surface area contributed by atoms with Crippen molar-refractivity contribution in [3.8, 4) is 27.9 Å². The second kappa shape index (κ2) is 12.3. The standard InChI is InChI=1S/C55H38N2O/c1-55(2)46-23-9-5-22-43(46)54-47(55)24-14-28-51(54)57(39-18-13-17-38(34-39)56-49-26-11-7-20-41(49)42-21-8-12-27-50(42)56)48-25-10-6-19-40(48)37-29-30-52-44(32-37)45-31-35-15-3-4-16-36(35)33-53(45)58-52/h3-34H,1-2H3. The van der Waals surface area contributed by atoms with Crippen LogP contribution in [0, 0.1) is 0 Å². The van der Waals surface area contributed by atoms with Gasteiger partial charge in [-0.3, -0.25) is 0 Å². The van der Waals surface area contributed by atoms with Crippen LogP contribution in [0.4, 0.5) is 17.1 Å². The predicted molar refractivity (Wildman–Crippen MR) is 243 cm³/mol. The first kappa shape index (κ1) is 32.8. The van der Waals surface area contributed by atoms with E-state index in [-0.39, 0.29) is 5.41 Å². The molecule has 0 N–H and O–H groups in total. The van der Waals surface area contributed by atoms with Crippen LogP contribution >= 0.6 is 0 Å². The van der Waals surface area contributed by atoms with Gasteiger partial charge < -0.3 is 13.9 Å². The van der Waals surface area contributed by atoms with E-state index in [1.54, 1.807) is 0 Å². The molecule has 0 radical (unpaired) electrons. The van der Waals surface area contributed by atoms with Gasteiger partial charge in [-0.05, 0) is 99.8 Å². The predicted octanol–water partition coefficient (Wildman–Crippen LogP) is 15.3. The number of benzene rings is 9. The lowest BCUT2D eigenvalue weighted by atomic mass is 9.82. The van der Waals surface area contributed by atoms with Crippen LogP contribution < -0.4 is 4.90 Å². The molecule has 12 rings (SSSR count). The van der Waals surface area contributed by atoms with Gasteiger partial charge in [0.25, 0.3) is 0 Å². The van der Waals surface area contributed by atoms with Crippen molar-refractivity contribution in [3.63, 3.8) is 0 Å². The summed E-state index contributed by atoms with van der Waals surface area (Å²) in [6, 6.07) is 70.8. The zero-order chi connectivity index (χ0) is 38.5. The highest BCUT2D eigenvalue weighted by Gasteiger charge is 2.38. The van der Waals surface area contributed by atoms with E-state index in [2.05, 4.69) is 217 Å². The third-order valence-corrected chi connectivity index (χ3v) is 12.5. The fraction of sp³-hybridized carbons (Fsp3) is 0.0545. The van der Waals surface area contributed by atoms with Crippen LogP contribution in [0.25, 0.3) is 82.5 Å². The Bertz CT molecular complexity index is 3400. The van der Waals surface area contributed by atoms with Gasteiger partial charge in [0.05, 0.1) is 22.4 Å². The first-order valence-electron chi connectivity index (χ1n) is 20.1. The number of fused-ring (bicyclic) bond motifs is 10. The van der Waals surface area contributed by atoms with Crippen molar-refractivity contribution in [2.45, 2.75) is 19.3 Å². The van der Waals surface area contributed by atoms with Gasteiger partial charge in [0.1, 0.15) is 11.2 Å². The van der Waals surface area contributed by atoms with Crippen LogP contribution in [0.5, 0.6) is 0 Å². The summed E-state index contributed by atoms with van der Waals surface area (Å²) in [6.45, 7) is 4.71. The third kappa shape index (κ3) is 4.74. The Balaban J connectivity index is 1.12. The molecule has 0 saturated heterocycles. The van der Waals surface area contributed by atoms with Gasteiger partial charge in [0.2, 0.25) is 0 Å². The monoisotopic (exact) mass is 742 g/mol. The minimum Gasteiger partial charge on any atom is -0.456 e. The van der Waals surface area contributed by atoms with Crippen LogP contribution in [0.15, 0.2) is 199 Å². The summed E-state index contributed by atoms with van der Waals surface area (Å²) in [5.74, 6) is 0. The zero-order valence-corrected chi connectivity index (χ0v) is 32.3. The summed E-state index contributed by atoms with van der Waals surface area (Å²) in [7, 11) is 0. The molecule has 9 aromatic carbocycles. The van der Waals surface area contributed by atoms with E-state index < -0.39 is 0 Å². The number of hydrogen-bond donors (Lipinski definition) is 0. The first-order chi connectivity index (χ1) is 28.5. The van der Waals surface area contributed by atoms with E-state index in [0.717, 1.165) is 55.8 Å². The van der Waals surface area contributed by atoms with Gasteiger partial charge in [-0.2, -0.15) is 0 Å². The van der Waals surface area contributed by atoms with Gasteiger partial charge in [-0.25, -0.2) is 0 Å². The molecule has 0 fully saturated rings. The molecule has 11 aromatic rings. The summed E-state index contributed by atoms with van der Waals surface area (Å²) in [5, 5.41) is 7.13. The maximum Gasteiger partial charge on any atom is 0.136 e. The molecule has 0 aliphatic heterocycles. The van der Waals surface area contributed by atoms with Gasteiger partial charge in [0.15, 0.2) is 0 Å². The van der Waals surface area contributed by atoms with Gasteiger partial charge in [0, 0.05) is 49.5 Å². The molecule has 0 saturated carbocycles. The average molecular weight is 743 g/mol. The Morgan fingerprint density at radius 2 is 1.07 bits per heavy atom. The summed E-state index contributed by atoms with van der Waals surface area (Å²) in [4.78, 5) is 2.49. The normalized spacial score (nSPS) is 13.1. The van der Waals surface area contributed by atoms with Crippen LogP contribution in [-0.4, -0.2) is 4.57 Å². The van der Waals surface area contributed by atoms with Crippen molar-refractivity contribution in [2.24, 2.45) is 0 Å². The molecule has 3 heteroatoms. The molecule has 2 aromatic heterocycles. The summed E-state index contributed by atoms with van der Waals surface area (Å²) < 4.78 is 8.88. The van der Waals surface area contributed by atoms with Crippen LogP contribution in [-0.2, 0) is 5.41 Å². The second-order valence-corrected chi connectivity index (χ2v) is 16.1. The Morgan fingerprint density at radius 3 is 1.88 bits per heavy atom. The Morgan fingerprint density at radius 1 is 0.448 bits per heavy atom. The number of nitrogens with zero attached hydrogens (tertiary/aromatic N) is 2. The van der Waals surface area contributed by atoms with E-state index in [0.29, 0.717) is 0 Å². The molecule has 0 unspecified atom stereocenters. The van der Waals surface area contributed by atoms with Crippen molar-refractivity contribution >= 4 is 71.6 Å².